The first-order valence-electron chi connectivity index (χ1n) is 13.2. The van der Waals surface area contributed by atoms with Crippen molar-refractivity contribution >= 4 is 55.9 Å². The highest BCUT2D eigenvalue weighted by Crippen LogP contribution is 2.45. The molecule has 3 atom stereocenters. The molecule has 39 heavy (non-hydrogen) atoms. The van der Waals surface area contributed by atoms with Crippen molar-refractivity contribution in [1.82, 2.24) is 14.8 Å². The molecule has 2 aromatic heterocycles. The zero-order valence-corrected chi connectivity index (χ0v) is 23.9. The quantitative estimate of drug-likeness (QED) is 0.405. The number of amides is 2. The zero-order chi connectivity index (χ0) is 26.9. The Morgan fingerprint density at radius 1 is 1.10 bits per heavy atom. The SMILES string of the molecule is CN1C(=O)C2CN(Cc3cnc(C4Cc5cccc(N(CC6CC6)S(=O)(=O)c6cccs6)c5N4)s3)CC2C1=O. The minimum atomic E-state index is -3.65. The minimum Gasteiger partial charge on any atom is -0.374 e. The zero-order valence-electron chi connectivity index (χ0n) is 21.4. The molecule has 2 saturated heterocycles. The standard InChI is InChI=1S/C27H29N5O4S3/c1-30-26(33)19-14-31(15-20(19)27(30)34)13-18-11-28-25(38-18)21-10-17-4-2-5-22(24(17)29-21)32(12-16-7-8-16)39(35,36)23-6-3-9-37-23/h2-6,9,11,16,19-21,29H,7-8,10,12-15H2,1H3. The van der Waals surface area contributed by atoms with Gasteiger partial charge in [-0.25, -0.2) is 13.4 Å². The lowest BCUT2D eigenvalue weighted by Crippen LogP contribution is -2.33. The van der Waals surface area contributed by atoms with Gasteiger partial charge in [0, 0.05) is 50.7 Å². The van der Waals surface area contributed by atoms with Crippen molar-refractivity contribution in [2.45, 2.75) is 36.1 Å². The van der Waals surface area contributed by atoms with Crippen molar-refractivity contribution in [2.24, 2.45) is 17.8 Å². The van der Waals surface area contributed by atoms with Gasteiger partial charge in [-0.05, 0) is 41.8 Å². The second kappa shape index (κ2) is 9.39. The monoisotopic (exact) mass is 583 g/mol. The van der Waals surface area contributed by atoms with Crippen LogP contribution in [0.3, 0.4) is 0 Å². The average Bonchev–Trinajstić information content (AvgIpc) is 3.44. The first-order chi connectivity index (χ1) is 18.8. The van der Waals surface area contributed by atoms with Gasteiger partial charge in [-0.1, -0.05) is 18.2 Å². The lowest BCUT2D eigenvalue weighted by Gasteiger charge is -2.26. The first kappa shape index (κ1) is 25.2. The Bertz CT molecular complexity index is 1520. The molecule has 4 aliphatic rings. The molecule has 3 aliphatic heterocycles. The van der Waals surface area contributed by atoms with Crippen molar-refractivity contribution in [2.75, 3.05) is 36.3 Å². The van der Waals surface area contributed by atoms with Gasteiger partial charge in [-0.3, -0.25) is 23.7 Å². The molecule has 3 unspecified atom stereocenters. The molecule has 2 amide bonds. The topological polar surface area (TPSA) is 103 Å². The number of carbonyl (C=O) groups is 2. The van der Waals surface area contributed by atoms with Crippen molar-refractivity contribution in [3.05, 3.63) is 57.4 Å². The number of anilines is 2. The summed E-state index contributed by atoms with van der Waals surface area (Å²) in [6.45, 7) is 2.34. The molecular weight excluding hydrogens is 555 g/mol. The summed E-state index contributed by atoms with van der Waals surface area (Å²) >= 11 is 2.88. The molecule has 1 saturated carbocycles. The Balaban J connectivity index is 1.09. The maximum atomic E-state index is 13.7. The number of nitrogens with zero attached hydrogens (tertiary/aromatic N) is 4. The number of carbonyl (C=O) groups excluding carboxylic acids is 2. The summed E-state index contributed by atoms with van der Waals surface area (Å²) in [6, 6.07) is 9.31. The molecule has 0 bridgehead atoms. The molecule has 12 heteroatoms. The molecule has 1 aromatic carbocycles. The number of sulfonamides is 1. The molecule has 9 nitrogen and oxygen atoms in total. The summed E-state index contributed by atoms with van der Waals surface area (Å²) in [5, 5.41) is 6.36. The van der Waals surface area contributed by atoms with Gasteiger partial charge in [0.1, 0.15) is 9.22 Å². The normalized spacial score (nSPS) is 24.7. The van der Waals surface area contributed by atoms with E-state index in [9.17, 15) is 18.0 Å². The third-order valence-electron chi connectivity index (χ3n) is 8.24. The number of fused-ring (bicyclic) bond motifs is 2. The van der Waals surface area contributed by atoms with Gasteiger partial charge in [-0.15, -0.1) is 22.7 Å². The molecule has 1 N–H and O–H groups in total. The van der Waals surface area contributed by atoms with E-state index in [0.717, 1.165) is 40.4 Å². The van der Waals surface area contributed by atoms with Crippen molar-refractivity contribution in [3.8, 4) is 0 Å². The number of para-hydroxylation sites is 1. The number of imide groups is 1. The fraction of sp³-hybridized carbons (Fsp3) is 0.444. The molecule has 0 radical (unpaired) electrons. The number of thiazole rings is 1. The summed E-state index contributed by atoms with van der Waals surface area (Å²) in [5.41, 5.74) is 2.66. The number of thiophene rings is 1. The van der Waals surface area contributed by atoms with Gasteiger partial charge < -0.3 is 5.32 Å². The van der Waals surface area contributed by atoms with E-state index in [1.165, 1.54) is 16.2 Å². The maximum Gasteiger partial charge on any atom is 0.273 e. The van der Waals surface area contributed by atoms with Gasteiger partial charge >= 0.3 is 0 Å². The fourth-order valence-corrected chi connectivity index (χ4v) is 9.67. The van der Waals surface area contributed by atoms with Crippen LogP contribution < -0.4 is 9.62 Å². The predicted molar refractivity (Wildman–Crippen MR) is 150 cm³/mol. The Kier molecular flexibility index (Phi) is 6.07. The number of rotatable bonds is 8. The van der Waals surface area contributed by atoms with Crippen LogP contribution in [0.25, 0.3) is 0 Å². The largest absolute Gasteiger partial charge is 0.374 e. The van der Waals surface area contributed by atoms with Crippen LogP contribution in [-0.4, -0.2) is 61.7 Å². The van der Waals surface area contributed by atoms with Crippen LogP contribution in [-0.2, 0) is 32.6 Å². The lowest BCUT2D eigenvalue weighted by atomic mass is 10.00. The summed E-state index contributed by atoms with van der Waals surface area (Å²) < 4.78 is 29.3. The number of hydrogen-bond donors (Lipinski definition) is 1. The van der Waals surface area contributed by atoms with E-state index in [2.05, 4.69) is 16.3 Å². The van der Waals surface area contributed by atoms with E-state index < -0.39 is 10.0 Å². The Hall–Kier alpha value is -2.80. The highest BCUT2D eigenvalue weighted by molar-refractivity contribution is 7.94. The van der Waals surface area contributed by atoms with Gasteiger partial charge in [-0.2, -0.15) is 0 Å². The average molecular weight is 584 g/mol. The molecule has 7 rings (SSSR count). The third-order valence-corrected chi connectivity index (χ3v) is 12.5. The van der Waals surface area contributed by atoms with E-state index in [-0.39, 0.29) is 29.7 Å². The van der Waals surface area contributed by atoms with Crippen LogP contribution in [0.1, 0.15) is 34.3 Å². The van der Waals surface area contributed by atoms with E-state index in [1.807, 2.05) is 18.3 Å². The van der Waals surface area contributed by atoms with E-state index >= 15 is 0 Å². The highest BCUT2D eigenvalue weighted by atomic mass is 32.2. The second-order valence-electron chi connectivity index (χ2n) is 10.9. The fourth-order valence-electron chi connectivity index (χ4n) is 6.00. The lowest BCUT2D eigenvalue weighted by molar-refractivity contribution is -0.138. The van der Waals surface area contributed by atoms with Crippen molar-refractivity contribution in [3.63, 3.8) is 0 Å². The van der Waals surface area contributed by atoms with Crippen LogP contribution in [0.4, 0.5) is 11.4 Å². The van der Waals surface area contributed by atoms with Gasteiger partial charge in [0.2, 0.25) is 11.8 Å². The van der Waals surface area contributed by atoms with Crippen molar-refractivity contribution in [1.29, 1.82) is 0 Å². The predicted octanol–water partition coefficient (Wildman–Crippen LogP) is 3.57. The molecule has 204 valence electrons. The number of likely N-dealkylation sites (tertiary alicyclic amines) is 2. The van der Waals surface area contributed by atoms with Crippen LogP contribution in [0.15, 0.2) is 46.1 Å². The van der Waals surface area contributed by atoms with Crippen LogP contribution in [0.2, 0.25) is 0 Å². The highest BCUT2D eigenvalue weighted by Gasteiger charge is 2.50. The molecule has 3 fully saturated rings. The van der Waals surface area contributed by atoms with Crippen LogP contribution in [0, 0.1) is 17.8 Å². The smallest absolute Gasteiger partial charge is 0.273 e. The molecule has 3 aromatic rings. The van der Waals surface area contributed by atoms with Crippen molar-refractivity contribution < 1.29 is 18.0 Å². The number of aromatic nitrogens is 1. The molecular formula is C27H29N5O4S3. The van der Waals surface area contributed by atoms with Crippen LogP contribution >= 0.6 is 22.7 Å². The van der Waals surface area contributed by atoms with Gasteiger partial charge in [0.15, 0.2) is 0 Å². The minimum absolute atomic E-state index is 0.0399. The molecule has 0 spiro atoms. The Labute approximate surface area is 235 Å². The first-order valence-corrected chi connectivity index (χ1v) is 16.4. The summed E-state index contributed by atoms with van der Waals surface area (Å²) in [7, 11) is -2.08. The Morgan fingerprint density at radius 2 is 1.87 bits per heavy atom. The Morgan fingerprint density at radius 3 is 2.56 bits per heavy atom. The third kappa shape index (κ3) is 4.37. The maximum absolute atomic E-state index is 13.7. The number of hydrogen-bond acceptors (Lipinski definition) is 9. The molecule has 5 heterocycles. The van der Waals surface area contributed by atoms with E-state index in [1.54, 1.807) is 40.2 Å². The van der Waals surface area contributed by atoms with Gasteiger partial charge in [0.25, 0.3) is 10.0 Å². The summed E-state index contributed by atoms with van der Waals surface area (Å²) in [5.74, 6) is -0.215. The summed E-state index contributed by atoms with van der Waals surface area (Å²) in [4.78, 5) is 34.0. The van der Waals surface area contributed by atoms with Gasteiger partial charge in [0.05, 0.1) is 29.3 Å². The van der Waals surface area contributed by atoms with Crippen LogP contribution in [0.5, 0.6) is 0 Å². The number of nitrogens with one attached hydrogen (secondary N) is 1. The summed E-state index contributed by atoms with van der Waals surface area (Å²) in [6.07, 6.45) is 4.73. The molecule has 1 aliphatic carbocycles. The second-order valence-corrected chi connectivity index (χ2v) is 15.1. The van der Waals surface area contributed by atoms with E-state index in [4.69, 9.17) is 4.98 Å². The number of benzene rings is 1. The van der Waals surface area contributed by atoms with E-state index in [0.29, 0.717) is 42.0 Å².